The molecule has 0 radical (unpaired) electrons. The Bertz CT molecular complexity index is 919. The van der Waals surface area contributed by atoms with Crippen molar-refractivity contribution in [1.29, 1.82) is 0 Å². The molecular weight excluding hydrogens is 399 g/mol. The van der Waals surface area contributed by atoms with Gasteiger partial charge in [0.25, 0.3) is 5.91 Å². The molecule has 2 aliphatic rings. The van der Waals surface area contributed by atoms with Gasteiger partial charge in [-0.25, -0.2) is 9.96 Å². The molecule has 2 aromatic carbocycles. The molecule has 0 aliphatic carbocycles. The molecule has 2 fully saturated rings. The predicted molar refractivity (Wildman–Crippen MR) is 109 cm³/mol. The normalized spacial score (nSPS) is 24.4. The molecular formula is C21H20Cl2N2O3. The first-order valence-corrected chi connectivity index (χ1v) is 9.98. The van der Waals surface area contributed by atoms with E-state index in [1.807, 2.05) is 30.3 Å². The topological polar surface area (TPSA) is 49.9 Å². The highest BCUT2D eigenvalue weighted by Gasteiger charge is 2.59. The number of para-hydroxylation sites is 1. The van der Waals surface area contributed by atoms with E-state index in [9.17, 15) is 9.59 Å². The molecule has 4 rings (SSSR count). The van der Waals surface area contributed by atoms with Crippen molar-refractivity contribution in [3.63, 3.8) is 0 Å². The number of imide groups is 1. The first kappa shape index (κ1) is 19.2. The predicted octanol–water partition coefficient (Wildman–Crippen LogP) is 4.72. The average molecular weight is 419 g/mol. The third-order valence-corrected chi connectivity index (χ3v) is 5.86. The summed E-state index contributed by atoms with van der Waals surface area (Å²) >= 11 is 12.1. The molecule has 2 saturated heterocycles. The van der Waals surface area contributed by atoms with Crippen LogP contribution in [0, 0.1) is 11.8 Å². The van der Waals surface area contributed by atoms with Crippen LogP contribution in [0.15, 0.2) is 48.5 Å². The summed E-state index contributed by atoms with van der Waals surface area (Å²) in [6, 6.07) is 14.1. The van der Waals surface area contributed by atoms with Crippen LogP contribution in [0.3, 0.4) is 0 Å². The van der Waals surface area contributed by atoms with E-state index in [-0.39, 0.29) is 17.9 Å². The number of hydrogen-bond donors (Lipinski definition) is 0. The van der Waals surface area contributed by atoms with Crippen molar-refractivity contribution in [1.82, 2.24) is 0 Å². The Balaban J connectivity index is 1.70. The van der Waals surface area contributed by atoms with Crippen LogP contribution in [0.25, 0.3) is 0 Å². The van der Waals surface area contributed by atoms with Crippen molar-refractivity contribution >= 4 is 46.4 Å². The Kier molecular flexibility index (Phi) is 5.08. The Morgan fingerprint density at radius 2 is 1.68 bits per heavy atom. The summed E-state index contributed by atoms with van der Waals surface area (Å²) in [7, 11) is 0. The van der Waals surface area contributed by atoms with Gasteiger partial charge in [-0.1, -0.05) is 55.2 Å². The maximum Gasteiger partial charge on any atom is 0.266 e. The van der Waals surface area contributed by atoms with Gasteiger partial charge in [0.15, 0.2) is 6.10 Å². The summed E-state index contributed by atoms with van der Waals surface area (Å²) in [4.78, 5) is 33.6. The molecule has 0 saturated carbocycles. The third kappa shape index (κ3) is 3.17. The fraction of sp³-hybridized carbons (Fsp3) is 0.333. The maximum atomic E-state index is 13.3. The Morgan fingerprint density at radius 1 is 0.964 bits per heavy atom. The number of anilines is 2. The first-order valence-electron chi connectivity index (χ1n) is 9.22. The van der Waals surface area contributed by atoms with Crippen molar-refractivity contribution in [2.45, 2.75) is 32.4 Å². The zero-order chi connectivity index (χ0) is 20.0. The van der Waals surface area contributed by atoms with Gasteiger partial charge in [-0.3, -0.25) is 14.4 Å². The SMILES string of the molecule is CC(C)C[C@@H]1[C@@H]2C(=O)N(c3ccc(Cl)c(Cl)c3)C(=O)[C@@H]2ON1c1ccccc1. The summed E-state index contributed by atoms with van der Waals surface area (Å²) < 4.78 is 0. The minimum atomic E-state index is -0.842. The quantitative estimate of drug-likeness (QED) is 0.674. The molecule has 2 amide bonds. The lowest BCUT2D eigenvalue weighted by atomic mass is 9.90. The zero-order valence-electron chi connectivity index (χ0n) is 15.5. The van der Waals surface area contributed by atoms with E-state index < -0.39 is 12.0 Å². The van der Waals surface area contributed by atoms with Gasteiger partial charge in [-0.05, 0) is 42.7 Å². The number of fused-ring (bicyclic) bond motifs is 1. The van der Waals surface area contributed by atoms with Gasteiger partial charge in [0, 0.05) is 0 Å². The van der Waals surface area contributed by atoms with Gasteiger partial charge in [0.2, 0.25) is 5.91 Å². The van der Waals surface area contributed by atoms with Gasteiger partial charge in [-0.2, -0.15) is 0 Å². The van der Waals surface area contributed by atoms with Crippen molar-refractivity contribution in [3.8, 4) is 0 Å². The number of nitrogens with zero attached hydrogens (tertiary/aromatic N) is 2. The highest BCUT2D eigenvalue weighted by Crippen LogP contribution is 2.42. The van der Waals surface area contributed by atoms with Crippen LogP contribution in [0.4, 0.5) is 11.4 Å². The van der Waals surface area contributed by atoms with Crippen LogP contribution >= 0.6 is 23.2 Å². The molecule has 0 N–H and O–H groups in total. The fourth-order valence-electron chi connectivity index (χ4n) is 3.92. The van der Waals surface area contributed by atoms with Crippen LogP contribution in [0.5, 0.6) is 0 Å². The highest BCUT2D eigenvalue weighted by atomic mass is 35.5. The Labute approximate surface area is 173 Å². The number of rotatable bonds is 4. The maximum absolute atomic E-state index is 13.3. The molecule has 0 spiro atoms. The molecule has 2 heterocycles. The van der Waals surface area contributed by atoms with E-state index in [0.29, 0.717) is 21.7 Å². The summed E-state index contributed by atoms with van der Waals surface area (Å²) in [5.74, 6) is -0.872. The summed E-state index contributed by atoms with van der Waals surface area (Å²) in [6.07, 6.45) is -0.115. The van der Waals surface area contributed by atoms with Gasteiger partial charge in [0.05, 0.1) is 33.4 Å². The van der Waals surface area contributed by atoms with Crippen LogP contribution < -0.4 is 9.96 Å². The standard InChI is InChI=1S/C21H20Cl2N2O3/c1-12(2)10-17-18-19(28-25(17)13-6-4-3-5-7-13)21(27)24(20(18)26)14-8-9-15(22)16(23)11-14/h3-9,11-12,17-19H,10H2,1-2H3/t17-,18+,19-/m1/s1. The Morgan fingerprint density at radius 3 is 2.32 bits per heavy atom. The molecule has 2 aliphatic heterocycles. The zero-order valence-corrected chi connectivity index (χ0v) is 17.0. The second-order valence-corrected chi connectivity index (χ2v) is 8.33. The van der Waals surface area contributed by atoms with E-state index in [2.05, 4.69) is 13.8 Å². The van der Waals surface area contributed by atoms with Crippen LogP contribution in [0.1, 0.15) is 20.3 Å². The molecule has 28 heavy (non-hydrogen) atoms. The number of halogens is 2. The average Bonchev–Trinajstić information content (AvgIpc) is 3.14. The summed E-state index contributed by atoms with van der Waals surface area (Å²) in [5.41, 5.74) is 1.25. The lowest BCUT2D eigenvalue weighted by molar-refractivity contribution is -0.126. The number of hydroxylamine groups is 1. The second kappa shape index (κ2) is 7.39. The number of carbonyl (C=O) groups excluding carboxylic acids is 2. The number of hydrogen-bond acceptors (Lipinski definition) is 4. The lowest BCUT2D eigenvalue weighted by Gasteiger charge is -2.29. The summed E-state index contributed by atoms with van der Waals surface area (Å²) in [5, 5.41) is 2.40. The smallest absolute Gasteiger partial charge is 0.266 e. The van der Waals surface area contributed by atoms with Crippen LogP contribution in [-0.4, -0.2) is 24.0 Å². The number of benzene rings is 2. The van der Waals surface area contributed by atoms with E-state index in [0.717, 1.165) is 12.1 Å². The molecule has 146 valence electrons. The molecule has 3 atom stereocenters. The van der Waals surface area contributed by atoms with Crippen molar-refractivity contribution < 1.29 is 14.4 Å². The minimum Gasteiger partial charge on any atom is -0.273 e. The van der Waals surface area contributed by atoms with Gasteiger partial charge >= 0.3 is 0 Å². The summed E-state index contributed by atoms with van der Waals surface area (Å²) in [6.45, 7) is 4.18. The Hall–Kier alpha value is -2.08. The molecule has 2 aromatic rings. The van der Waals surface area contributed by atoms with Gasteiger partial charge in [-0.15, -0.1) is 0 Å². The van der Waals surface area contributed by atoms with E-state index in [4.69, 9.17) is 28.0 Å². The van der Waals surface area contributed by atoms with E-state index in [1.165, 1.54) is 11.0 Å². The monoisotopic (exact) mass is 418 g/mol. The van der Waals surface area contributed by atoms with Crippen molar-refractivity contribution in [2.24, 2.45) is 11.8 Å². The largest absolute Gasteiger partial charge is 0.273 e. The number of amides is 2. The highest BCUT2D eigenvalue weighted by molar-refractivity contribution is 6.42. The molecule has 0 unspecified atom stereocenters. The number of carbonyl (C=O) groups is 2. The van der Waals surface area contributed by atoms with Crippen LogP contribution in [-0.2, 0) is 14.4 Å². The van der Waals surface area contributed by atoms with Crippen molar-refractivity contribution in [3.05, 3.63) is 58.6 Å². The second-order valence-electron chi connectivity index (χ2n) is 7.52. The third-order valence-electron chi connectivity index (χ3n) is 5.12. The lowest BCUT2D eigenvalue weighted by Crippen LogP contribution is -2.41. The van der Waals surface area contributed by atoms with Crippen LogP contribution in [0.2, 0.25) is 10.0 Å². The minimum absolute atomic E-state index is 0.225. The molecule has 0 aromatic heterocycles. The van der Waals surface area contributed by atoms with Gasteiger partial charge in [0.1, 0.15) is 0 Å². The molecule has 7 heteroatoms. The van der Waals surface area contributed by atoms with Crippen molar-refractivity contribution in [2.75, 3.05) is 9.96 Å². The van der Waals surface area contributed by atoms with E-state index >= 15 is 0 Å². The van der Waals surface area contributed by atoms with Gasteiger partial charge < -0.3 is 0 Å². The first-order chi connectivity index (χ1) is 13.4. The molecule has 5 nitrogen and oxygen atoms in total. The van der Waals surface area contributed by atoms with E-state index in [1.54, 1.807) is 17.2 Å². The fourth-order valence-corrected chi connectivity index (χ4v) is 4.21. The molecule has 0 bridgehead atoms.